The zero-order chi connectivity index (χ0) is 16.4. The van der Waals surface area contributed by atoms with Gasteiger partial charge in [-0.2, -0.15) is 0 Å². The molecule has 0 bridgehead atoms. The number of carbonyl (C=O) groups excluding carboxylic acids is 1. The average Bonchev–Trinajstić information content (AvgIpc) is 3.01. The van der Waals surface area contributed by atoms with Crippen LogP contribution in [-0.2, 0) is 0 Å². The van der Waals surface area contributed by atoms with E-state index in [1.807, 2.05) is 65.0 Å². The molecule has 0 aliphatic heterocycles. The molecular weight excluding hydrogens is 280 g/mol. The lowest BCUT2D eigenvalue weighted by Crippen LogP contribution is -1.87. The number of methoxy groups -OCH3 is 1. The molecule has 0 amide bonds. The molecule has 0 aliphatic carbocycles. The maximum atomic E-state index is 11.3. The van der Waals surface area contributed by atoms with Crippen molar-refractivity contribution in [2.75, 3.05) is 7.11 Å². The van der Waals surface area contributed by atoms with Gasteiger partial charge in [0.25, 0.3) is 0 Å². The van der Waals surface area contributed by atoms with Crippen LogP contribution in [0.4, 0.5) is 0 Å². The molecule has 0 N–H and O–H groups in total. The second kappa shape index (κ2) is 10.2. The summed E-state index contributed by atoms with van der Waals surface area (Å²) in [5.74, 6) is 0.953. The van der Waals surface area contributed by atoms with Crippen molar-refractivity contribution in [3.05, 3.63) is 40.8 Å². The Balaban J connectivity index is 0.000000921. The van der Waals surface area contributed by atoms with Gasteiger partial charge in [0.15, 0.2) is 5.78 Å². The average molecular weight is 306 g/mol. The molecule has 1 aromatic carbocycles. The number of ether oxygens (including phenoxy) is 1. The van der Waals surface area contributed by atoms with Crippen molar-refractivity contribution in [3.63, 3.8) is 0 Å². The van der Waals surface area contributed by atoms with E-state index in [9.17, 15) is 4.79 Å². The van der Waals surface area contributed by atoms with Crippen LogP contribution in [-0.4, -0.2) is 12.9 Å². The normalized spacial score (nSPS) is 8.90. The van der Waals surface area contributed by atoms with Crippen LogP contribution in [0.1, 0.15) is 49.9 Å². The van der Waals surface area contributed by atoms with Crippen LogP contribution in [0, 0.1) is 6.92 Å². The molecule has 0 fully saturated rings. The first-order valence-corrected chi connectivity index (χ1v) is 8.19. The van der Waals surface area contributed by atoms with Gasteiger partial charge in [-0.3, -0.25) is 4.79 Å². The highest BCUT2D eigenvalue weighted by atomic mass is 32.1. The molecule has 0 saturated carbocycles. The van der Waals surface area contributed by atoms with E-state index < -0.39 is 0 Å². The fraction of sp³-hybridized carbons (Fsp3) is 0.389. The number of hydrogen-bond donors (Lipinski definition) is 0. The van der Waals surface area contributed by atoms with Crippen molar-refractivity contribution in [1.82, 2.24) is 0 Å². The lowest BCUT2D eigenvalue weighted by atomic mass is 10.1. The number of rotatable bonds is 3. The van der Waals surface area contributed by atoms with Gasteiger partial charge < -0.3 is 4.74 Å². The highest BCUT2D eigenvalue weighted by Gasteiger charge is 2.10. The number of hydrogen-bond acceptors (Lipinski definition) is 3. The molecule has 3 heteroatoms. The van der Waals surface area contributed by atoms with Crippen LogP contribution in [0.25, 0.3) is 10.4 Å². The third kappa shape index (κ3) is 5.35. The lowest BCUT2D eigenvalue weighted by molar-refractivity contribution is 0.102. The number of benzene rings is 1. The predicted molar refractivity (Wildman–Crippen MR) is 93.7 cm³/mol. The molecule has 0 unspecified atom stereocenters. The van der Waals surface area contributed by atoms with E-state index in [0.717, 1.165) is 26.6 Å². The van der Waals surface area contributed by atoms with Crippen molar-refractivity contribution < 1.29 is 9.53 Å². The van der Waals surface area contributed by atoms with Gasteiger partial charge in [-0.15, -0.1) is 11.3 Å². The SMILES string of the molecule is CC.CC.COc1cc(C)ccc1-c1ccc(C(C)=O)s1. The van der Waals surface area contributed by atoms with Crippen LogP contribution in [0.2, 0.25) is 0 Å². The number of carbonyl (C=O) groups is 1. The van der Waals surface area contributed by atoms with Crippen molar-refractivity contribution in [2.45, 2.75) is 41.5 Å². The molecule has 116 valence electrons. The minimum Gasteiger partial charge on any atom is -0.496 e. The quantitative estimate of drug-likeness (QED) is 0.651. The van der Waals surface area contributed by atoms with Gasteiger partial charge in [-0.05, 0) is 43.7 Å². The summed E-state index contributed by atoms with van der Waals surface area (Å²) < 4.78 is 5.37. The number of aryl methyl sites for hydroxylation is 1. The molecule has 0 radical (unpaired) electrons. The van der Waals surface area contributed by atoms with Gasteiger partial charge >= 0.3 is 0 Å². The predicted octanol–water partition coefficient (Wildman–Crippen LogP) is 5.99. The van der Waals surface area contributed by atoms with E-state index >= 15 is 0 Å². The summed E-state index contributed by atoms with van der Waals surface area (Å²) >= 11 is 1.50. The summed E-state index contributed by atoms with van der Waals surface area (Å²) in [5.41, 5.74) is 2.20. The van der Waals surface area contributed by atoms with E-state index in [1.54, 1.807) is 14.0 Å². The number of Topliss-reactive ketones (excluding diaryl/α,β-unsaturated/α-hetero) is 1. The van der Waals surface area contributed by atoms with Crippen molar-refractivity contribution in [3.8, 4) is 16.2 Å². The van der Waals surface area contributed by atoms with E-state index in [-0.39, 0.29) is 5.78 Å². The fourth-order valence-corrected chi connectivity index (χ4v) is 2.61. The standard InChI is InChI=1S/C14H14O2S.2C2H6/c1-9-4-5-11(12(8-9)16-3)14-7-6-13(17-14)10(2)15;2*1-2/h4-8H,1-3H3;2*1-2H3. The Labute approximate surface area is 132 Å². The Kier molecular flexibility index (Phi) is 9.39. The minimum absolute atomic E-state index is 0.104. The van der Waals surface area contributed by atoms with Gasteiger partial charge in [0.2, 0.25) is 0 Å². The van der Waals surface area contributed by atoms with Gasteiger partial charge in [-0.25, -0.2) is 0 Å². The van der Waals surface area contributed by atoms with Crippen LogP contribution in [0.3, 0.4) is 0 Å². The van der Waals surface area contributed by atoms with Crippen molar-refractivity contribution >= 4 is 17.1 Å². The molecular formula is C18H26O2S. The molecule has 0 atom stereocenters. The first kappa shape index (κ1) is 19.4. The van der Waals surface area contributed by atoms with E-state index in [4.69, 9.17) is 4.74 Å². The van der Waals surface area contributed by atoms with Gasteiger partial charge in [0.05, 0.1) is 12.0 Å². The van der Waals surface area contributed by atoms with Gasteiger partial charge in [0, 0.05) is 10.4 Å². The molecule has 2 aromatic rings. The Morgan fingerprint density at radius 3 is 2.14 bits per heavy atom. The van der Waals surface area contributed by atoms with Crippen molar-refractivity contribution in [2.24, 2.45) is 0 Å². The second-order valence-electron chi connectivity index (χ2n) is 3.92. The third-order valence-corrected chi connectivity index (χ3v) is 3.79. The molecule has 1 aromatic heterocycles. The summed E-state index contributed by atoms with van der Waals surface area (Å²) in [7, 11) is 1.66. The molecule has 1 heterocycles. The number of thiophene rings is 1. The topological polar surface area (TPSA) is 26.3 Å². The van der Waals surface area contributed by atoms with Crippen LogP contribution >= 0.6 is 11.3 Å². The summed E-state index contributed by atoms with van der Waals surface area (Å²) in [4.78, 5) is 13.1. The minimum atomic E-state index is 0.104. The molecule has 0 saturated heterocycles. The Morgan fingerprint density at radius 1 is 1.05 bits per heavy atom. The van der Waals surface area contributed by atoms with E-state index in [2.05, 4.69) is 0 Å². The number of ketones is 1. The zero-order valence-corrected chi connectivity index (χ0v) is 14.9. The molecule has 2 rings (SSSR count). The molecule has 0 spiro atoms. The first-order chi connectivity index (χ1) is 10.1. The highest BCUT2D eigenvalue weighted by Crippen LogP contribution is 2.35. The summed E-state index contributed by atoms with van der Waals surface area (Å²) in [6, 6.07) is 9.91. The lowest BCUT2D eigenvalue weighted by Gasteiger charge is -2.07. The third-order valence-electron chi connectivity index (χ3n) is 2.58. The second-order valence-corrected chi connectivity index (χ2v) is 5.01. The molecule has 0 aliphatic rings. The summed E-state index contributed by atoms with van der Waals surface area (Å²) in [6.45, 7) is 11.6. The Hall–Kier alpha value is -1.61. The maximum Gasteiger partial charge on any atom is 0.169 e. The van der Waals surface area contributed by atoms with Crippen LogP contribution < -0.4 is 4.74 Å². The van der Waals surface area contributed by atoms with Crippen LogP contribution in [0.15, 0.2) is 30.3 Å². The summed E-state index contributed by atoms with van der Waals surface area (Å²) in [6.07, 6.45) is 0. The largest absolute Gasteiger partial charge is 0.496 e. The first-order valence-electron chi connectivity index (χ1n) is 7.37. The van der Waals surface area contributed by atoms with E-state index in [1.165, 1.54) is 11.3 Å². The molecule has 21 heavy (non-hydrogen) atoms. The Morgan fingerprint density at radius 2 is 1.67 bits per heavy atom. The van der Waals surface area contributed by atoms with E-state index in [0.29, 0.717) is 0 Å². The molecule has 2 nitrogen and oxygen atoms in total. The maximum absolute atomic E-state index is 11.3. The van der Waals surface area contributed by atoms with Crippen molar-refractivity contribution in [1.29, 1.82) is 0 Å². The van der Waals surface area contributed by atoms with Gasteiger partial charge in [-0.1, -0.05) is 33.8 Å². The van der Waals surface area contributed by atoms with Gasteiger partial charge in [0.1, 0.15) is 5.75 Å². The highest BCUT2D eigenvalue weighted by molar-refractivity contribution is 7.17. The Bertz CT molecular complexity index is 556. The monoisotopic (exact) mass is 306 g/mol. The zero-order valence-electron chi connectivity index (χ0n) is 14.1. The summed E-state index contributed by atoms with van der Waals surface area (Å²) in [5, 5.41) is 0. The fourth-order valence-electron chi connectivity index (χ4n) is 1.67. The van der Waals surface area contributed by atoms with Crippen LogP contribution in [0.5, 0.6) is 5.75 Å². The smallest absolute Gasteiger partial charge is 0.169 e.